The highest BCUT2D eigenvalue weighted by Crippen LogP contribution is 2.44. The van der Waals surface area contributed by atoms with Crippen molar-refractivity contribution in [3.8, 4) is 0 Å². The van der Waals surface area contributed by atoms with E-state index in [1.54, 1.807) is 0 Å². The van der Waals surface area contributed by atoms with Crippen molar-refractivity contribution in [2.75, 3.05) is 33.0 Å². The summed E-state index contributed by atoms with van der Waals surface area (Å²) >= 11 is 0. The Morgan fingerprint density at radius 1 is 1.28 bits per heavy atom. The molecule has 3 aliphatic rings. The summed E-state index contributed by atoms with van der Waals surface area (Å²) < 4.78 is 13.3. The smallest absolute Gasteiger partial charge is 0.159 e. The molecule has 7 nitrogen and oxygen atoms in total. The van der Waals surface area contributed by atoms with Crippen LogP contribution >= 0.6 is 0 Å². The molecule has 0 radical (unpaired) electrons. The molecule has 3 aliphatic heterocycles. The fraction of sp³-hybridized carbons (Fsp3) is 0.667. The Hall–Kier alpha value is -1.54. The summed E-state index contributed by atoms with van der Waals surface area (Å²) in [5.74, 6) is 0.290. The molecule has 3 saturated heterocycles. The molecule has 2 aromatic rings. The Kier molecular flexibility index (Phi) is 3.78. The molecule has 5 rings (SSSR count). The van der Waals surface area contributed by atoms with E-state index in [9.17, 15) is 5.11 Å². The summed E-state index contributed by atoms with van der Waals surface area (Å²) in [5, 5.41) is 15.8. The first-order valence-electron chi connectivity index (χ1n) is 9.15. The van der Waals surface area contributed by atoms with E-state index in [1.165, 1.54) is 0 Å². The summed E-state index contributed by atoms with van der Waals surface area (Å²) in [6.07, 6.45) is 7.32. The quantitative estimate of drug-likeness (QED) is 0.865. The molecule has 0 aromatic carbocycles. The van der Waals surface area contributed by atoms with Crippen molar-refractivity contribution in [3.63, 3.8) is 0 Å². The van der Waals surface area contributed by atoms with E-state index in [0.29, 0.717) is 32.3 Å². The SMILES string of the molecule is O[C@@]12CCOC[C@@H]1CN(Cc1cnn3cccnc13)[C@H]1CCOC[C@H]12. The molecule has 1 N–H and O–H groups in total. The van der Waals surface area contributed by atoms with E-state index < -0.39 is 5.60 Å². The molecule has 5 heterocycles. The number of fused-ring (bicyclic) bond motifs is 4. The highest BCUT2D eigenvalue weighted by Gasteiger charge is 2.55. The molecule has 0 unspecified atom stereocenters. The molecule has 2 aromatic heterocycles. The lowest BCUT2D eigenvalue weighted by molar-refractivity contribution is -0.221. The standard InChI is InChI=1S/C18H24N4O3/c23-18-3-7-25-11-14(18)10-21(16-2-6-24-12-15(16)18)9-13-8-20-22-5-1-4-19-17(13)22/h1,4-5,8,14-16,23H,2-3,6-7,9-12H2/t14-,15+,16-,18-/m0/s1. The second-order valence-corrected chi connectivity index (χ2v) is 7.54. The average molecular weight is 344 g/mol. The number of rotatable bonds is 2. The number of piperidine rings is 1. The van der Waals surface area contributed by atoms with Crippen LogP contribution in [0, 0.1) is 11.8 Å². The molecule has 0 saturated carbocycles. The summed E-state index contributed by atoms with van der Waals surface area (Å²) in [7, 11) is 0. The topological polar surface area (TPSA) is 72.1 Å². The predicted molar refractivity (Wildman–Crippen MR) is 90.0 cm³/mol. The minimum absolute atomic E-state index is 0.138. The molecule has 25 heavy (non-hydrogen) atoms. The molecule has 7 heteroatoms. The Morgan fingerprint density at radius 2 is 2.20 bits per heavy atom. The van der Waals surface area contributed by atoms with Gasteiger partial charge in [0.05, 0.1) is 25.0 Å². The summed E-state index contributed by atoms with van der Waals surface area (Å²) in [5.41, 5.74) is 1.39. The molecule has 134 valence electrons. The first-order chi connectivity index (χ1) is 12.3. The molecule has 3 fully saturated rings. The Labute approximate surface area is 146 Å². The van der Waals surface area contributed by atoms with Gasteiger partial charge in [0.15, 0.2) is 5.65 Å². The van der Waals surface area contributed by atoms with Gasteiger partial charge in [-0.05, 0) is 12.5 Å². The van der Waals surface area contributed by atoms with Crippen LogP contribution in [0.1, 0.15) is 18.4 Å². The zero-order valence-corrected chi connectivity index (χ0v) is 14.3. The summed E-state index contributed by atoms with van der Waals surface area (Å²) in [6, 6.07) is 2.23. The second-order valence-electron chi connectivity index (χ2n) is 7.54. The lowest BCUT2D eigenvalue weighted by Gasteiger charge is -2.57. The van der Waals surface area contributed by atoms with Gasteiger partial charge in [-0.2, -0.15) is 5.10 Å². The number of hydrogen-bond acceptors (Lipinski definition) is 6. The van der Waals surface area contributed by atoms with Crippen LogP contribution in [0.5, 0.6) is 0 Å². The highest BCUT2D eigenvalue weighted by molar-refractivity contribution is 5.45. The van der Waals surface area contributed by atoms with E-state index in [1.807, 2.05) is 29.2 Å². The molecule has 0 spiro atoms. The number of aliphatic hydroxyl groups is 1. The van der Waals surface area contributed by atoms with Crippen molar-refractivity contribution in [2.45, 2.75) is 31.0 Å². The minimum atomic E-state index is -0.654. The highest BCUT2D eigenvalue weighted by atomic mass is 16.5. The first-order valence-corrected chi connectivity index (χ1v) is 9.15. The van der Waals surface area contributed by atoms with Crippen molar-refractivity contribution in [3.05, 3.63) is 30.2 Å². The Bertz CT molecular complexity index is 766. The first kappa shape index (κ1) is 15.7. The van der Waals surface area contributed by atoms with Gasteiger partial charge in [-0.25, -0.2) is 9.50 Å². The normalized spacial score (nSPS) is 36.1. The molecular formula is C18H24N4O3. The van der Waals surface area contributed by atoms with Crippen molar-refractivity contribution in [2.24, 2.45) is 11.8 Å². The number of aromatic nitrogens is 3. The average Bonchev–Trinajstić information content (AvgIpc) is 3.06. The Morgan fingerprint density at radius 3 is 3.16 bits per heavy atom. The van der Waals surface area contributed by atoms with E-state index in [0.717, 1.165) is 37.3 Å². The van der Waals surface area contributed by atoms with E-state index in [2.05, 4.69) is 15.0 Å². The fourth-order valence-corrected chi connectivity index (χ4v) is 4.96. The van der Waals surface area contributed by atoms with Crippen LogP contribution in [0.2, 0.25) is 0 Å². The minimum Gasteiger partial charge on any atom is -0.389 e. The van der Waals surface area contributed by atoms with Gasteiger partial charge in [-0.15, -0.1) is 0 Å². The van der Waals surface area contributed by atoms with Crippen molar-refractivity contribution in [1.82, 2.24) is 19.5 Å². The van der Waals surface area contributed by atoms with Crippen LogP contribution in [-0.4, -0.2) is 69.2 Å². The third-order valence-corrected chi connectivity index (χ3v) is 6.28. The maximum absolute atomic E-state index is 11.4. The maximum Gasteiger partial charge on any atom is 0.159 e. The third kappa shape index (κ3) is 2.49. The van der Waals surface area contributed by atoms with Crippen LogP contribution in [0.25, 0.3) is 5.65 Å². The fourth-order valence-electron chi connectivity index (χ4n) is 4.96. The van der Waals surface area contributed by atoms with Gasteiger partial charge >= 0.3 is 0 Å². The van der Waals surface area contributed by atoms with Gasteiger partial charge in [0.2, 0.25) is 0 Å². The van der Waals surface area contributed by atoms with Crippen LogP contribution in [0.15, 0.2) is 24.7 Å². The predicted octanol–water partition coefficient (Wildman–Crippen LogP) is 0.718. The summed E-state index contributed by atoms with van der Waals surface area (Å²) in [4.78, 5) is 6.97. The number of hydrogen-bond donors (Lipinski definition) is 1. The zero-order valence-electron chi connectivity index (χ0n) is 14.3. The Balaban J connectivity index is 1.46. The monoisotopic (exact) mass is 344 g/mol. The van der Waals surface area contributed by atoms with Crippen LogP contribution in [-0.2, 0) is 16.0 Å². The van der Waals surface area contributed by atoms with Crippen molar-refractivity contribution in [1.29, 1.82) is 0 Å². The largest absolute Gasteiger partial charge is 0.389 e. The molecular weight excluding hydrogens is 320 g/mol. The van der Waals surface area contributed by atoms with Crippen LogP contribution < -0.4 is 0 Å². The zero-order chi connectivity index (χ0) is 16.9. The van der Waals surface area contributed by atoms with Gasteiger partial charge in [0, 0.05) is 68.6 Å². The second kappa shape index (κ2) is 6.02. The van der Waals surface area contributed by atoms with Crippen molar-refractivity contribution < 1.29 is 14.6 Å². The van der Waals surface area contributed by atoms with Crippen LogP contribution in [0.4, 0.5) is 0 Å². The summed E-state index contributed by atoms with van der Waals surface area (Å²) in [6.45, 7) is 4.33. The maximum atomic E-state index is 11.4. The van der Waals surface area contributed by atoms with E-state index in [4.69, 9.17) is 9.47 Å². The van der Waals surface area contributed by atoms with Gasteiger partial charge in [-0.1, -0.05) is 0 Å². The van der Waals surface area contributed by atoms with E-state index >= 15 is 0 Å². The molecule has 0 amide bonds. The third-order valence-electron chi connectivity index (χ3n) is 6.28. The van der Waals surface area contributed by atoms with Gasteiger partial charge in [0.1, 0.15) is 0 Å². The number of ether oxygens (including phenoxy) is 2. The van der Waals surface area contributed by atoms with Crippen LogP contribution in [0.3, 0.4) is 0 Å². The van der Waals surface area contributed by atoms with Gasteiger partial charge in [0.25, 0.3) is 0 Å². The molecule has 0 aliphatic carbocycles. The molecule has 4 atom stereocenters. The number of likely N-dealkylation sites (tertiary alicyclic amines) is 1. The lowest BCUT2D eigenvalue weighted by Crippen LogP contribution is -2.67. The van der Waals surface area contributed by atoms with Crippen molar-refractivity contribution >= 4 is 5.65 Å². The number of nitrogens with zero attached hydrogens (tertiary/aromatic N) is 4. The lowest BCUT2D eigenvalue weighted by atomic mass is 9.66. The van der Waals surface area contributed by atoms with E-state index in [-0.39, 0.29) is 11.8 Å². The van der Waals surface area contributed by atoms with Gasteiger partial charge < -0.3 is 14.6 Å². The molecule has 0 bridgehead atoms. The van der Waals surface area contributed by atoms with Gasteiger partial charge in [-0.3, -0.25) is 4.90 Å².